The van der Waals surface area contributed by atoms with Crippen molar-refractivity contribution in [3.8, 4) is 0 Å². The molecule has 1 unspecified atom stereocenters. The predicted molar refractivity (Wildman–Crippen MR) is 66.4 cm³/mol. The van der Waals surface area contributed by atoms with Gasteiger partial charge in [-0.3, -0.25) is 0 Å². The van der Waals surface area contributed by atoms with Crippen molar-refractivity contribution in [2.75, 3.05) is 0 Å². The molecule has 1 aromatic heterocycles. The van der Waals surface area contributed by atoms with Crippen molar-refractivity contribution in [3.05, 3.63) is 35.7 Å². The number of allylic oxidation sites excluding steroid dienone is 1. The van der Waals surface area contributed by atoms with Crippen molar-refractivity contribution in [1.82, 2.24) is 4.57 Å². The van der Waals surface area contributed by atoms with Gasteiger partial charge in [-0.05, 0) is 31.2 Å². The van der Waals surface area contributed by atoms with Gasteiger partial charge < -0.3 is 9.67 Å². The Morgan fingerprint density at radius 3 is 3.06 bits per heavy atom. The lowest BCUT2D eigenvalue weighted by molar-refractivity contribution is 0.166. The zero-order valence-corrected chi connectivity index (χ0v) is 10.1. The second-order valence-corrected chi connectivity index (χ2v) is 4.78. The zero-order chi connectivity index (χ0) is 11.5. The molecule has 2 nitrogen and oxygen atoms in total. The minimum atomic E-state index is -0.256. The number of hydrogen-bond donors (Lipinski definition) is 1. The minimum Gasteiger partial charge on any atom is -0.388 e. The quantitative estimate of drug-likeness (QED) is 0.613. The number of aromatic nitrogens is 1. The summed E-state index contributed by atoms with van der Waals surface area (Å²) >= 11 is 0. The standard InChI is InChI=1S/C14H21NO/c1-3-11(2)8-15-9-12-6-4-5-7-14(16)13(12)10-15/h9-10,14,16H,2-8H2,1H3. The molecule has 16 heavy (non-hydrogen) atoms. The van der Waals surface area contributed by atoms with Crippen LogP contribution in [0.25, 0.3) is 0 Å². The first-order valence-electron chi connectivity index (χ1n) is 6.24. The second kappa shape index (κ2) is 4.88. The zero-order valence-electron chi connectivity index (χ0n) is 10.1. The summed E-state index contributed by atoms with van der Waals surface area (Å²) in [6.07, 6.45) is 9.40. The molecule has 88 valence electrons. The normalized spacial score (nSPS) is 20.2. The number of fused-ring (bicyclic) bond motifs is 1. The molecular formula is C14H21NO. The highest BCUT2D eigenvalue weighted by Gasteiger charge is 2.18. The van der Waals surface area contributed by atoms with Gasteiger partial charge in [-0.15, -0.1) is 0 Å². The molecule has 0 saturated heterocycles. The van der Waals surface area contributed by atoms with Crippen LogP contribution in [0, 0.1) is 0 Å². The molecule has 0 radical (unpaired) electrons. The molecule has 0 spiro atoms. The number of aryl methyl sites for hydroxylation is 1. The van der Waals surface area contributed by atoms with E-state index in [0.717, 1.165) is 37.8 Å². The molecule has 1 heterocycles. The topological polar surface area (TPSA) is 25.2 Å². The molecule has 2 heteroatoms. The maximum atomic E-state index is 10.0. The third kappa shape index (κ3) is 2.38. The van der Waals surface area contributed by atoms with Gasteiger partial charge in [0.2, 0.25) is 0 Å². The van der Waals surface area contributed by atoms with E-state index < -0.39 is 0 Å². The van der Waals surface area contributed by atoms with E-state index in [2.05, 4.69) is 30.5 Å². The van der Waals surface area contributed by atoms with Crippen LogP contribution in [0.3, 0.4) is 0 Å². The van der Waals surface area contributed by atoms with Crippen molar-refractivity contribution in [2.24, 2.45) is 0 Å². The Balaban J connectivity index is 2.19. The Bertz CT molecular complexity index is 378. The van der Waals surface area contributed by atoms with Gasteiger partial charge in [-0.1, -0.05) is 25.5 Å². The summed E-state index contributed by atoms with van der Waals surface area (Å²) in [4.78, 5) is 0. The molecule has 0 aromatic carbocycles. The van der Waals surface area contributed by atoms with Gasteiger partial charge in [0.05, 0.1) is 6.10 Å². The van der Waals surface area contributed by atoms with Crippen LogP contribution in [0.1, 0.15) is 49.8 Å². The van der Waals surface area contributed by atoms with Crippen LogP contribution in [0.5, 0.6) is 0 Å². The predicted octanol–water partition coefficient (Wildman–Crippen LogP) is 3.21. The van der Waals surface area contributed by atoms with Crippen LogP contribution in [-0.2, 0) is 13.0 Å². The highest BCUT2D eigenvalue weighted by atomic mass is 16.3. The van der Waals surface area contributed by atoms with Crippen molar-refractivity contribution < 1.29 is 5.11 Å². The van der Waals surface area contributed by atoms with Gasteiger partial charge in [0.25, 0.3) is 0 Å². The third-order valence-electron chi connectivity index (χ3n) is 3.44. The minimum absolute atomic E-state index is 0.256. The van der Waals surface area contributed by atoms with E-state index in [1.54, 1.807) is 0 Å². The summed E-state index contributed by atoms with van der Waals surface area (Å²) in [5.41, 5.74) is 3.70. The third-order valence-corrected chi connectivity index (χ3v) is 3.44. The number of rotatable bonds is 3. The summed E-state index contributed by atoms with van der Waals surface area (Å²) in [7, 11) is 0. The van der Waals surface area contributed by atoms with Gasteiger partial charge in [0.15, 0.2) is 0 Å². The van der Waals surface area contributed by atoms with Gasteiger partial charge in [-0.25, -0.2) is 0 Å². The molecule has 2 rings (SSSR count). The molecule has 0 saturated carbocycles. The number of aliphatic hydroxyl groups is 1. The summed E-state index contributed by atoms with van der Waals surface area (Å²) < 4.78 is 2.17. The highest BCUT2D eigenvalue weighted by molar-refractivity contribution is 5.28. The largest absolute Gasteiger partial charge is 0.388 e. The highest BCUT2D eigenvalue weighted by Crippen LogP contribution is 2.29. The van der Waals surface area contributed by atoms with E-state index in [1.807, 2.05) is 0 Å². The maximum absolute atomic E-state index is 10.0. The molecular weight excluding hydrogens is 198 g/mol. The Labute approximate surface area is 97.6 Å². The molecule has 1 aliphatic carbocycles. The number of aliphatic hydroxyl groups excluding tert-OH is 1. The molecule has 0 amide bonds. The van der Waals surface area contributed by atoms with Crippen LogP contribution in [0.2, 0.25) is 0 Å². The molecule has 1 N–H and O–H groups in total. The van der Waals surface area contributed by atoms with E-state index in [4.69, 9.17) is 0 Å². The average Bonchev–Trinajstić information content (AvgIpc) is 2.59. The summed E-state index contributed by atoms with van der Waals surface area (Å²) in [5.74, 6) is 0. The molecule has 1 aromatic rings. The lowest BCUT2D eigenvalue weighted by Crippen LogP contribution is -1.98. The maximum Gasteiger partial charge on any atom is 0.0807 e. The first-order chi connectivity index (χ1) is 7.70. The van der Waals surface area contributed by atoms with Crippen molar-refractivity contribution >= 4 is 0 Å². The summed E-state index contributed by atoms with van der Waals surface area (Å²) in [6, 6.07) is 0. The molecule has 1 atom stereocenters. The smallest absolute Gasteiger partial charge is 0.0807 e. The lowest BCUT2D eigenvalue weighted by atomic mass is 10.1. The fourth-order valence-corrected chi connectivity index (χ4v) is 2.35. The lowest BCUT2D eigenvalue weighted by Gasteiger charge is -2.07. The van der Waals surface area contributed by atoms with Crippen LogP contribution >= 0.6 is 0 Å². The van der Waals surface area contributed by atoms with E-state index in [-0.39, 0.29) is 6.10 Å². The van der Waals surface area contributed by atoms with E-state index >= 15 is 0 Å². The monoisotopic (exact) mass is 219 g/mol. The Hall–Kier alpha value is -1.02. The van der Waals surface area contributed by atoms with Crippen molar-refractivity contribution in [2.45, 2.75) is 51.7 Å². The van der Waals surface area contributed by atoms with Gasteiger partial charge in [0.1, 0.15) is 0 Å². The Kier molecular flexibility index (Phi) is 3.49. The summed E-state index contributed by atoms with van der Waals surface area (Å²) in [5, 5.41) is 10.0. The summed E-state index contributed by atoms with van der Waals surface area (Å²) in [6.45, 7) is 7.04. The Morgan fingerprint density at radius 2 is 2.31 bits per heavy atom. The first-order valence-corrected chi connectivity index (χ1v) is 6.24. The first kappa shape index (κ1) is 11.5. The van der Waals surface area contributed by atoms with Crippen LogP contribution in [-0.4, -0.2) is 9.67 Å². The SMILES string of the molecule is C=C(CC)Cn1cc2c(c1)C(O)CCCC2. The van der Waals surface area contributed by atoms with E-state index in [1.165, 1.54) is 17.6 Å². The molecule has 1 aliphatic rings. The molecule has 0 fully saturated rings. The Morgan fingerprint density at radius 1 is 1.50 bits per heavy atom. The van der Waals surface area contributed by atoms with Gasteiger partial charge >= 0.3 is 0 Å². The van der Waals surface area contributed by atoms with Gasteiger partial charge in [0, 0.05) is 24.5 Å². The molecule has 0 aliphatic heterocycles. The van der Waals surface area contributed by atoms with Crippen LogP contribution in [0.4, 0.5) is 0 Å². The second-order valence-electron chi connectivity index (χ2n) is 4.78. The van der Waals surface area contributed by atoms with Crippen molar-refractivity contribution in [3.63, 3.8) is 0 Å². The van der Waals surface area contributed by atoms with Crippen LogP contribution in [0.15, 0.2) is 24.5 Å². The molecule has 0 bridgehead atoms. The average molecular weight is 219 g/mol. The fourth-order valence-electron chi connectivity index (χ4n) is 2.35. The number of hydrogen-bond acceptors (Lipinski definition) is 1. The fraction of sp³-hybridized carbons (Fsp3) is 0.571. The van der Waals surface area contributed by atoms with Gasteiger partial charge in [-0.2, -0.15) is 0 Å². The van der Waals surface area contributed by atoms with E-state index in [9.17, 15) is 5.11 Å². The number of nitrogens with zero attached hydrogens (tertiary/aromatic N) is 1. The van der Waals surface area contributed by atoms with E-state index in [0.29, 0.717) is 0 Å². The van der Waals surface area contributed by atoms with Crippen LogP contribution < -0.4 is 0 Å². The van der Waals surface area contributed by atoms with Crippen molar-refractivity contribution in [1.29, 1.82) is 0 Å².